The van der Waals surface area contributed by atoms with Crippen LogP contribution in [0, 0.1) is 0 Å². The first kappa shape index (κ1) is 16.3. The van der Waals surface area contributed by atoms with E-state index in [2.05, 4.69) is 10.6 Å². The molecule has 0 aliphatic heterocycles. The maximum Gasteiger partial charge on any atom is 0.321 e. The zero-order valence-corrected chi connectivity index (χ0v) is 12.2. The lowest BCUT2D eigenvalue weighted by Gasteiger charge is -2.16. The maximum atomic E-state index is 11.7. The van der Waals surface area contributed by atoms with E-state index >= 15 is 0 Å². The fourth-order valence-corrected chi connectivity index (χ4v) is 1.68. The smallest absolute Gasteiger partial charge is 0.321 e. The maximum absolute atomic E-state index is 11.7. The average molecular weight is 300 g/mol. The van der Waals surface area contributed by atoms with E-state index in [1.807, 2.05) is 0 Å². The normalized spacial score (nSPS) is 11.6. The summed E-state index contributed by atoms with van der Waals surface area (Å²) in [6.45, 7) is 3.97. The molecule has 0 heterocycles. The number of carbonyl (C=O) groups excluding carboxylic acids is 2. The van der Waals surface area contributed by atoms with Crippen LogP contribution < -0.4 is 21.1 Å². The Morgan fingerprint density at radius 3 is 2.75 bits per heavy atom. The minimum absolute atomic E-state index is 0.237. The summed E-state index contributed by atoms with van der Waals surface area (Å²) in [4.78, 5) is 23.0. The Hall–Kier alpha value is -1.79. The number of imide groups is 1. The Bertz CT molecular complexity index is 494. The van der Waals surface area contributed by atoms with Crippen LogP contribution in [0.3, 0.4) is 0 Å². The summed E-state index contributed by atoms with van der Waals surface area (Å²) in [6, 6.07) is 4.40. The first-order chi connectivity index (χ1) is 9.47. The molecule has 1 atom stereocenters. The second-order valence-electron chi connectivity index (χ2n) is 4.06. The molecule has 3 amide bonds. The van der Waals surface area contributed by atoms with Crippen molar-refractivity contribution >= 4 is 23.5 Å². The van der Waals surface area contributed by atoms with Crippen LogP contribution in [-0.2, 0) is 11.3 Å². The summed E-state index contributed by atoms with van der Waals surface area (Å²) in [6.07, 6.45) is -0.830. The van der Waals surface area contributed by atoms with Gasteiger partial charge in [-0.1, -0.05) is 11.6 Å². The molecule has 0 fully saturated rings. The lowest BCUT2D eigenvalue weighted by atomic mass is 10.2. The van der Waals surface area contributed by atoms with Crippen LogP contribution in [0.15, 0.2) is 18.2 Å². The van der Waals surface area contributed by atoms with E-state index in [1.54, 1.807) is 32.0 Å². The number of halogens is 1. The average Bonchev–Trinajstić information content (AvgIpc) is 2.40. The molecule has 0 aliphatic carbocycles. The van der Waals surface area contributed by atoms with Crippen molar-refractivity contribution in [2.75, 3.05) is 6.54 Å². The van der Waals surface area contributed by atoms with Crippen LogP contribution in [0.1, 0.15) is 19.4 Å². The number of benzene rings is 1. The zero-order chi connectivity index (χ0) is 15.1. The predicted molar refractivity (Wildman–Crippen MR) is 76.6 cm³/mol. The van der Waals surface area contributed by atoms with Crippen molar-refractivity contribution in [1.29, 1.82) is 0 Å². The summed E-state index contributed by atoms with van der Waals surface area (Å²) in [5, 5.41) is 5.18. The highest BCUT2D eigenvalue weighted by Gasteiger charge is 2.18. The largest absolute Gasteiger partial charge is 0.481 e. The molecule has 0 bridgehead atoms. The Morgan fingerprint density at radius 1 is 1.45 bits per heavy atom. The number of nitrogens with two attached hydrogens (primary N) is 1. The molecule has 6 nitrogen and oxygen atoms in total. The van der Waals surface area contributed by atoms with Gasteiger partial charge in [-0.2, -0.15) is 0 Å². The van der Waals surface area contributed by atoms with Gasteiger partial charge in [-0.25, -0.2) is 4.79 Å². The fourth-order valence-electron chi connectivity index (χ4n) is 1.48. The van der Waals surface area contributed by atoms with E-state index in [9.17, 15) is 9.59 Å². The summed E-state index contributed by atoms with van der Waals surface area (Å²) >= 11 is 5.85. The SMILES string of the molecule is CCNC(=O)NC(=O)C(C)Oc1ccc(Cl)cc1CN. The van der Waals surface area contributed by atoms with E-state index in [0.29, 0.717) is 22.9 Å². The van der Waals surface area contributed by atoms with Crippen molar-refractivity contribution < 1.29 is 14.3 Å². The third kappa shape index (κ3) is 4.71. The highest BCUT2D eigenvalue weighted by atomic mass is 35.5. The molecule has 1 aromatic rings. The van der Waals surface area contributed by atoms with Gasteiger partial charge in [0.15, 0.2) is 6.10 Å². The molecular formula is C13H18ClN3O3. The van der Waals surface area contributed by atoms with Gasteiger partial charge in [0.1, 0.15) is 5.75 Å². The van der Waals surface area contributed by atoms with Crippen molar-refractivity contribution in [1.82, 2.24) is 10.6 Å². The van der Waals surface area contributed by atoms with Gasteiger partial charge in [0.05, 0.1) is 0 Å². The molecule has 20 heavy (non-hydrogen) atoms. The summed E-state index contributed by atoms with van der Waals surface area (Å²) in [7, 11) is 0. The molecule has 1 rings (SSSR count). The number of amides is 3. The number of nitrogens with one attached hydrogen (secondary N) is 2. The van der Waals surface area contributed by atoms with Crippen LogP contribution in [0.2, 0.25) is 5.02 Å². The molecule has 1 unspecified atom stereocenters. The second kappa shape index (κ2) is 7.72. The quantitative estimate of drug-likeness (QED) is 0.766. The molecule has 0 radical (unpaired) electrons. The number of carbonyl (C=O) groups is 2. The predicted octanol–water partition coefficient (Wildman–Crippen LogP) is 1.41. The monoisotopic (exact) mass is 299 g/mol. The van der Waals surface area contributed by atoms with Crippen LogP contribution in [0.25, 0.3) is 0 Å². The Morgan fingerprint density at radius 2 is 2.15 bits per heavy atom. The van der Waals surface area contributed by atoms with E-state index in [-0.39, 0.29) is 6.54 Å². The topological polar surface area (TPSA) is 93.5 Å². The summed E-state index contributed by atoms with van der Waals surface area (Å²) < 4.78 is 5.50. The fraction of sp³-hybridized carbons (Fsp3) is 0.385. The number of hydrogen-bond acceptors (Lipinski definition) is 4. The lowest BCUT2D eigenvalue weighted by molar-refractivity contribution is -0.126. The van der Waals surface area contributed by atoms with Crippen molar-refractivity contribution in [2.45, 2.75) is 26.5 Å². The van der Waals surface area contributed by atoms with Gasteiger partial charge in [-0.3, -0.25) is 10.1 Å². The molecule has 4 N–H and O–H groups in total. The number of rotatable bonds is 5. The molecule has 0 saturated carbocycles. The van der Waals surface area contributed by atoms with E-state index < -0.39 is 18.0 Å². The third-order valence-electron chi connectivity index (χ3n) is 2.49. The molecule has 0 aliphatic rings. The molecule has 1 aromatic carbocycles. The van der Waals surface area contributed by atoms with Crippen LogP contribution in [-0.4, -0.2) is 24.6 Å². The van der Waals surface area contributed by atoms with Crippen LogP contribution in [0.5, 0.6) is 5.75 Å². The minimum atomic E-state index is -0.830. The van der Waals surface area contributed by atoms with E-state index in [1.165, 1.54) is 0 Å². The molecule has 7 heteroatoms. The summed E-state index contributed by atoms with van der Waals surface area (Å²) in [5.74, 6) is -0.0654. The van der Waals surface area contributed by atoms with Gasteiger partial charge in [0, 0.05) is 23.7 Å². The summed E-state index contributed by atoms with van der Waals surface area (Å²) in [5.41, 5.74) is 6.28. The molecular weight excluding hydrogens is 282 g/mol. The van der Waals surface area contributed by atoms with Gasteiger partial charge in [0.25, 0.3) is 5.91 Å². The standard InChI is InChI=1S/C13H18ClN3O3/c1-3-16-13(19)17-12(18)8(2)20-11-5-4-10(14)6-9(11)7-15/h4-6,8H,3,7,15H2,1-2H3,(H2,16,17,18,19). The first-order valence-corrected chi connectivity index (χ1v) is 6.59. The van der Waals surface area contributed by atoms with Crippen molar-refractivity contribution in [3.63, 3.8) is 0 Å². The molecule has 0 spiro atoms. The Balaban J connectivity index is 2.68. The van der Waals surface area contributed by atoms with Crippen molar-refractivity contribution in [2.24, 2.45) is 5.73 Å². The highest BCUT2D eigenvalue weighted by Crippen LogP contribution is 2.23. The first-order valence-electron chi connectivity index (χ1n) is 6.21. The minimum Gasteiger partial charge on any atom is -0.481 e. The van der Waals surface area contributed by atoms with Gasteiger partial charge in [-0.15, -0.1) is 0 Å². The molecule has 0 saturated heterocycles. The van der Waals surface area contributed by atoms with Gasteiger partial charge in [0.2, 0.25) is 0 Å². The third-order valence-corrected chi connectivity index (χ3v) is 2.72. The second-order valence-corrected chi connectivity index (χ2v) is 4.50. The van der Waals surface area contributed by atoms with E-state index in [0.717, 1.165) is 0 Å². The van der Waals surface area contributed by atoms with Crippen LogP contribution >= 0.6 is 11.6 Å². The van der Waals surface area contributed by atoms with Crippen molar-refractivity contribution in [3.8, 4) is 5.75 Å². The van der Waals surface area contributed by atoms with Gasteiger partial charge in [-0.05, 0) is 32.0 Å². The van der Waals surface area contributed by atoms with E-state index in [4.69, 9.17) is 22.1 Å². The van der Waals surface area contributed by atoms with Gasteiger partial charge >= 0.3 is 6.03 Å². The number of ether oxygens (including phenoxy) is 1. The van der Waals surface area contributed by atoms with Gasteiger partial charge < -0.3 is 15.8 Å². The van der Waals surface area contributed by atoms with Crippen LogP contribution in [0.4, 0.5) is 4.79 Å². The number of hydrogen-bond donors (Lipinski definition) is 3. The van der Waals surface area contributed by atoms with Crippen molar-refractivity contribution in [3.05, 3.63) is 28.8 Å². The number of urea groups is 1. The molecule has 110 valence electrons. The Labute approximate surface area is 122 Å². The zero-order valence-electron chi connectivity index (χ0n) is 11.4. The Kier molecular flexibility index (Phi) is 6.27. The highest BCUT2D eigenvalue weighted by molar-refractivity contribution is 6.30. The molecule has 0 aromatic heterocycles. The lowest BCUT2D eigenvalue weighted by Crippen LogP contribution is -2.45.